The maximum absolute atomic E-state index is 12.6. The number of hydrogen-bond donors (Lipinski definition) is 5. The van der Waals surface area contributed by atoms with Crippen molar-refractivity contribution < 1.29 is 24.3 Å². The van der Waals surface area contributed by atoms with Crippen LogP contribution in [0.25, 0.3) is 0 Å². The minimum atomic E-state index is -0.0455. The molecule has 1 heterocycles. The molecule has 2 saturated carbocycles. The van der Waals surface area contributed by atoms with E-state index in [9.17, 15) is 14.7 Å². The average Bonchev–Trinajstić information content (AvgIpc) is 3.72. The van der Waals surface area contributed by atoms with Gasteiger partial charge in [-0.15, -0.1) is 0 Å². The van der Waals surface area contributed by atoms with Gasteiger partial charge in [0.15, 0.2) is 24.1 Å². The monoisotopic (exact) mass is 554 g/mol. The van der Waals surface area contributed by atoms with Crippen LogP contribution >= 0.6 is 0 Å². The fourth-order valence-electron chi connectivity index (χ4n) is 5.94. The van der Waals surface area contributed by atoms with E-state index in [0.29, 0.717) is 43.4 Å². The van der Waals surface area contributed by atoms with Gasteiger partial charge in [-0.2, -0.15) is 0 Å². The fourth-order valence-corrected chi connectivity index (χ4v) is 5.94. The summed E-state index contributed by atoms with van der Waals surface area (Å²) in [5, 5.41) is 16.8. The number of guanidine groups is 1. The summed E-state index contributed by atoms with van der Waals surface area (Å²) in [5.74, 6) is 1.07. The molecule has 0 bridgehead atoms. The Balaban J connectivity index is 1.18. The van der Waals surface area contributed by atoms with Crippen molar-refractivity contribution >= 4 is 17.5 Å². The minimum absolute atomic E-state index is 0.00962. The van der Waals surface area contributed by atoms with E-state index in [-0.39, 0.29) is 35.9 Å². The summed E-state index contributed by atoms with van der Waals surface area (Å²) in [4.78, 5) is 31.2. The Hall–Kier alpha value is -3.07. The zero-order valence-electron chi connectivity index (χ0n) is 23.8. The molecule has 2 atom stereocenters. The second kappa shape index (κ2) is 15.6. The van der Waals surface area contributed by atoms with Gasteiger partial charge in [0, 0.05) is 25.3 Å². The second-order valence-electron chi connectivity index (χ2n) is 11.7. The SMILES string of the molecule is NC(=NC1CCCC1)N[C@H](CCCC(=O)CC(=O)CCc1ccc(O)c(OC2CCCC2)c1)CC[NH+]1C=CNC1. The maximum atomic E-state index is 12.6. The van der Waals surface area contributed by atoms with Gasteiger partial charge >= 0.3 is 0 Å². The van der Waals surface area contributed by atoms with Crippen LogP contribution in [0.1, 0.15) is 95.5 Å². The van der Waals surface area contributed by atoms with Crippen LogP contribution < -0.4 is 26.0 Å². The van der Waals surface area contributed by atoms with Crippen LogP contribution in [0.5, 0.6) is 11.5 Å². The molecule has 0 amide bonds. The van der Waals surface area contributed by atoms with Crippen molar-refractivity contribution in [2.45, 2.75) is 114 Å². The summed E-state index contributed by atoms with van der Waals surface area (Å²) in [6.45, 7) is 1.85. The fraction of sp³-hybridized carbons (Fsp3) is 0.645. The van der Waals surface area contributed by atoms with Crippen molar-refractivity contribution in [2.75, 3.05) is 13.2 Å². The zero-order valence-corrected chi connectivity index (χ0v) is 23.8. The number of ether oxygens (including phenoxy) is 1. The first-order chi connectivity index (χ1) is 19.4. The van der Waals surface area contributed by atoms with Crippen molar-refractivity contribution in [2.24, 2.45) is 10.7 Å². The lowest BCUT2D eigenvalue weighted by Gasteiger charge is -2.21. The Labute approximate surface area is 238 Å². The summed E-state index contributed by atoms with van der Waals surface area (Å²) < 4.78 is 5.97. The quantitative estimate of drug-likeness (QED) is 0.121. The van der Waals surface area contributed by atoms with E-state index in [2.05, 4.69) is 21.8 Å². The molecule has 6 N–H and O–H groups in total. The number of nitrogens with zero attached hydrogens (tertiary/aromatic N) is 1. The lowest BCUT2D eigenvalue weighted by Crippen LogP contribution is -3.07. The predicted molar refractivity (Wildman–Crippen MR) is 156 cm³/mol. The number of carbonyl (C=O) groups excluding carboxylic acids is 2. The average molecular weight is 555 g/mol. The smallest absolute Gasteiger partial charge is 0.189 e. The number of aliphatic imine (C=N–C) groups is 1. The largest absolute Gasteiger partial charge is 0.504 e. The predicted octanol–water partition coefficient (Wildman–Crippen LogP) is 2.87. The maximum Gasteiger partial charge on any atom is 0.189 e. The van der Waals surface area contributed by atoms with Crippen molar-refractivity contribution in [1.82, 2.24) is 10.6 Å². The van der Waals surface area contributed by atoms with E-state index in [0.717, 1.165) is 70.1 Å². The lowest BCUT2D eigenvalue weighted by atomic mass is 10.00. The topological polar surface area (TPSA) is 130 Å². The van der Waals surface area contributed by atoms with Crippen LogP contribution in [0.15, 0.2) is 35.6 Å². The normalized spacial score (nSPS) is 20.5. The molecule has 0 spiro atoms. The minimum Gasteiger partial charge on any atom is -0.504 e. The van der Waals surface area contributed by atoms with E-state index in [1.165, 1.54) is 17.7 Å². The first-order valence-electron chi connectivity index (χ1n) is 15.3. The highest BCUT2D eigenvalue weighted by Gasteiger charge is 2.20. The molecule has 2 aliphatic carbocycles. The number of hydrogen-bond acceptors (Lipinski definition) is 6. The highest BCUT2D eigenvalue weighted by atomic mass is 16.5. The number of quaternary nitrogens is 1. The molecular weight excluding hydrogens is 506 g/mol. The number of aromatic hydroxyl groups is 1. The molecule has 40 heavy (non-hydrogen) atoms. The van der Waals surface area contributed by atoms with Gasteiger partial charge in [-0.25, -0.2) is 0 Å². The molecule has 4 rings (SSSR count). The summed E-state index contributed by atoms with van der Waals surface area (Å²) in [7, 11) is 0. The summed E-state index contributed by atoms with van der Waals surface area (Å²) in [6, 6.07) is 5.74. The molecule has 9 nitrogen and oxygen atoms in total. The molecule has 1 aliphatic heterocycles. The Morgan fingerprint density at radius 3 is 2.60 bits per heavy atom. The van der Waals surface area contributed by atoms with Gasteiger partial charge in [0.05, 0.1) is 31.3 Å². The molecule has 3 aliphatic rings. The first-order valence-corrected chi connectivity index (χ1v) is 15.3. The Kier molecular flexibility index (Phi) is 11.7. The number of aryl methyl sites for hydroxylation is 1. The molecule has 0 saturated heterocycles. The number of nitrogens with one attached hydrogen (secondary N) is 3. The number of nitrogens with two attached hydrogens (primary N) is 1. The van der Waals surface area contributed by atoms with Gasteiger partial charge in [0.25, 0.3) is 0 Å². The van der Waals surface area contributed by atoms with Crippen LogP contribution in [-0.4, -0.2) is 54.0 Å². The number of carbonyl (C=O) groups is 2. The molecule has 1 aromatic carbocycles. The van der Waals surface area contributed by atoms with Gasteiger partial charge < -0.3 is 26.2 Å². The van der Waals surface area contributed by atoms with Crippen molar-refractivity contribution in [3.05, 3.63) is 36.2 Å². The standard InChI is InChI=1S/C31H47N5O4/c32-31(34-24-6-1-2-7-24)35-25(16-18-36-19-17-33-22-36)8-5-9-26(37)21-27(38)14-12-23-13-15-29(39)30(20-23)40-28-10-3-4-11-28/h13,15,17,19-20,24-25,28,33,39H,1-12,14,16,18,21-22H2,(H3,32,34,35)/p+1/t25-/m1/s1. The van der Waals surface area contributed by atoms with E-state index >= 15 is 0 Å². The van der Waals surface area contributed by atoms with Crippen LogP contribution in [-0.2, 0) is 16.0 Å². The van der Waals surface area contributed by atoms with Gasteiger partial charge in [-0.3, -0.25) is 19.5 Å². The Bertz CT molecular complexity index is 1030. The summed E-state index contributed by atoms with van der Waals surface area (Å²) >= 11 is 0. The van der Waals surface area contributed by atoms with Crippen molar-refractivity contribution in [1.29, 1.82) is 0 Å². The molecule has 0 aromatic heterocycles. The molecular formula is C31H48N5O4+. The number of ketones is 2. The van der Waals surface area contributed by atoms with Crippen LogP contribution in [0.4, 0.5) is 0 Å². The molecule has 9 heteroatoms. The number of phenols is 1. The lowest BCUT2D eigenvalue weighted by molar-refractivity contribution is -0.843. The van der Waals surface area contributed by atoms with Crippen LogP contribution in [0, 0.1) is 0 Å². The summed E-state index contributed by atoms with van der Waals surface area (Å²) in [6.07, 6.45) is 16.9. The third-order valence-electron chi connectivity index (χ3n) is 8.29. The molecule has 1 aromatic rings. The van der Waals surface area contributed by atoms with E-state index in [1.807, 2.05) is 18.3 Å². The highest BCUT2D eigenvalue weighted by molar-refractivity contribution is 5.99. The third-order valence-corrected chi connectivity index (χ3v) is 8.29. The third kappa shape index (κ3) is 10.2. The second-order valence-corrected chi connectivity index (χ2v) is 11.7. The molecule has 2 fully saturated rings. The summed E-state index contributed by atoms with van der Waals surface area (Å²) in [5.41, 5.74) is 7.18. The van der Waals surface area contributed by atoms with E-state index < -0.39 is 0 Å². The van der Waals surface area contributed by atoms with Gasteiger partial charge in [-0.05, 0) is 75.5 Å². The van der Waals surface area contributed by atoms with Crippen LogP contribution in [0.2, 0.25) is 0 Å². The molecule has 0 radical (unpaired) electrons. The highest BCUT2D eigenvalue weighted by Crippen LogP contribution is 2.32. The number of phenolic OH excluding ortho intramolecular Hbond substituents is 1. The van der Waals surface area contributed by atoms with E-state index in [4.69, 9.17) is 10.5 Å². The van der Waals surface area contributed by atoms with Gasteiger partial charge in [-0.1, -0.05) is 18.9 Å². The Morgan fingerprint density at radius 2 is 1.85 bits per heavy atom. The van der Waals surface area contributed by atoms with Crippen molar-refractivity contribution in [3.8, 4) is 11.5 Å². The zero-order chi connectivity index (χ0) is 28.2. The van der Waals surface area contributed by atoms with Gasteiger partial charge in [0.1, 0.15) is 17.8 Å². The van der Waals surface area contributed by atoms with Crippen molar-refractivity contribution in [3.63, 3.8) is 0 Å². The molecule has 220 valence electrons. The van der Waals surface area contributed by atoms with Gasteiger partial charge in [0.2, 0.25) is 0 Å². The number of rotatable bonds is 16. The Morgan fingerprint density at radius 1 is 1.10 bits per heavy atom. The molecule has 1 unspecified atom stereocenters. The van der Waals surface area contributed by atoms with E-state index in [1.54, 1.807) is 6.07 Å². The van der Waals surface area contributed by atoms with Crippen LogP contribution in [0.3, 0.4) is 0 Å². The number of Topliss-reactive ketones (excluding diaryl/α,β-unsaturated/α-hetero) is 2. The first kappa shape index (κ1) is 29.9. The number of benzene rings is 1.